The second-order valence-electron chi connectivity index (χ2n) is 5.29. The predicted octanol–water partition coefficient (Wildman–Crippen LogP) is 1.69. The zero-order valence-electron chi connectivity index (χ0n) is 13.3. The first kappa shape index (κ1) is 15.5. The van der Waals surface area contributed by atoms with Crippen LogP contribution in [0.25, 0.3) is 11.1 Å². The molecule has 0 bridgehead atoms. The summed E-state index contributed by atoms with van der Waals surface area (Å²) in [7, 11) is 3.08. The zero-order valence-corrected chi connectivity index (χ0v) is 13.3. The van der Waals surface area contributed by atoms with Gasteiger partial charge in [0.15, 0.2) is 0 Å². The van der Waals surface area contributed by atoms with E-state index in [0.717, 1.165) is 24.1 Å². The number of pyridine rings is 1. The molecular formula is C16H20N4O3. The van der Waals surface area contributed by atoms with Gasteiger partial charge in [0.25, 0.3) is 0 Å². The van der Waals surface area contributed by atoms with Crippen LogP contribution in [0.2, 0.25) is 0 Å². The minimum Gasteiger partial charge on any atom is -0.490 e. The standard InChI is InChI=1S/C16H20N4O3/c1-21-15-14(9-19-16(20-15)22-2)11-6-13(8-17-7-11)23-10-12-4-3-5-18-12/h6-9,12,18H,3-5,10H2,1-2H3. The van der Waals surface area contributed by atoms with Gasteiger partial charge in [0.2, 0.25) is 5.88 Å². The van der Waals surface area contributed by atoms with Crippen LogP contribution in [0.5, 0.6) is 17.6 Å². The SMILES string of the molecule is COc1ncc(-c2cncc(OCC3CCCN3)c2)c(OC)n1. The van der Waals surface area contributed by atoms with E-state index in [-0.39, 0.29) is 6.01 Å². The molecule has 1 aliphatic rings. The van der Waals surface area contributed by atoms with Gasteiger partial charge in [-0.2, -0.15) is 4.98 Å². The fourth-order valence-corrected chi connectivity index (χ4v) is 2.54. The van der Waals surface area contributed by atoms with Crippen molar-refractivity contribution < 1.29 is 14.2 Å². The average molecular weight is 316 g/mol. The molecule has 3 heterocycles. The second kappa shape index (κ2) is 7.23. The Hall–Kier alpha value is -2.41. The average Bonchev–Trinajstić information content (AvgIpc) is 3.13. The molecule has 0 aromatic carbocycles. The maximum Gasteiger partial charge on any atom is 0.319 e. The third-order valence-corrected chi connectivity index (χ3v) is 3.75. The quantitative estimate of drug-likeness (QED) is 0.868. The summed E-state index contributed by atoms with van der Waals surface area (Å²) in [6, 6.07) is 2.59. The fraction of sp³-hybridized carbons (Fsp3) is 0.438. The van der Waals surface area contributed by atoms with Gasteiger partial charge in [-0.15, -0.1) is 0 Å². The van der Waals surface area contributed by atoms with E-state index in [9.17, 15) is 0 Å². The molecular weight excluding hydrogens is 296 g/mol. The van der Waals surface area contributed by atoms with E-state index in [0.29, 0.717) is 24.3 Å². The first-order valence-corrected chi connectivity index (χ1v) is 7.57. The molecule has 7 heteroatoms. The van der Waals surface area contributed by atoms with Crippen LogP contribution in [0.3, 0.4) is 0 Å². The van der Waals surface area contributed by atoms with Crippen molar-refractivity contribution in [2.24, 2.45) is 0 Å². The van der Waals surface area contributed by atoms with E-state index in [1.165, 1.54) is 13.5 Å². The van der Waals surface area contributed by atoms with Crippen LogP contribution in [-0.4, -0.2) is 48.4 Å². The maximum atomic E-state index is 5.84. The monoisotopic (exact) mass is 316 g/mol. The van der Waals surface area contributed by atoms with Crippen molar-refractivity contribution in [2.75, 3.05) is 27.4 Å². The molecule has 1 aliphatic heterocycles. The highest BCUT2D eigenvalue weighted by Crippen LogP contribution is 2.30. The molecule has 0 spiro atoms. The predicted molar refractivity (Wildman–Crippen MR) is 84.9 cm³/mol. The molecule has 2 aromatic heterocycles. The van der Waals surface area contributed by atoms with E-state index in [4.69, 9.17) is 14.2 Å². The normalized spacial score (nSPS) is 17.0. The topological polar surface area (TPSA) is 78.4 Å². The van der Waals surface area contributed by atoms with Gasteiger partial charge in [0.05, 0.1) is 26.0 Å². The first-order valence-electron chi connectivity index (χ1n) is 7.57. The third-order valence-electron chi connectivity index (χ3n) is 3.75. The zero-order chi connectivity index (χ0) is 16.1. The second-order valence-corrected chi connectivity index (χ2v) is 5.29. The molecule has 1 fully saturated rings. The summed E-state index contributed by atoms with van der Waals surface area (Å²) in [5.41, 5.74) is 1.58. The summed E-state index contributed by atoms with van der Waals surface area (Å²) in [5, 5.41) is 3.40. The van der Waals surface area contributed by atoms with Crippen LogP contribution in [-0.2, 0) is 0 Å². The van der Waals surface area contributed by atoms with Crippen molar-refractivity contribution in [3.63, 3.8) is 0 Å². The highest BCUT2D eigenvalue weighted by Gasteiger charge is 2.15. The van der Waals surface area contributed by atoms with Crippen molar-refractivity contribution in [2.45, 2.75) is 18.9 Å². The summed E-state index contributed by atoms with van der Waals surface area (Å²) in [6.45, 7) is 1.70. The molecule has 1 saturated heterocycles. The number of ether oxygens (including phenoxy) is 3. The lowest BCUT2D eigenvalue weighted by Gasteiger charge is -2.13. The molecule has 3 rings (SSSR count). The van der Waals surface area contributed by atoms with Crippen molar-refractivity contribution in [1.29, 1.82) is 0 Å². The molecule has 0 amide bonds. The molecule has 0 aliphatic carbocycles. The summed E-state index contributed by atoms with van der Waals surface area (Å²) in [5.74, 6) is 1.15. The molecule has 7 nitrogen and oxygen atoms in total. The Morgan fingerprint density at radius 1 is 1.22 bits per heavy atom. The van der Waals surface area contributed by atoms with Crippen molar-refractivity contribution in [1.82, 2.24) is 20.3 Å². The maximum absolute atomic E-state index is 5.84. The summed E-state index contributed by atoms with van der Waals surface area (Å²) in [6.07, 6.45) is 7.44. The van der Waals surface area contributed by atoms with Crippen LogP contribution < -0.4 is 19.5 Å². The van der Waals surface area contributed by atoms with E-state index in [2.05, 4.69) is 20.3 Å². The van der Waals surface area contributed by atoms with Gasteiger partial charge in [-0.1, -0.05) is 0 Å². The van der Waals surface area contributed by atoms with E-state index in [1.54, 1.807) is 25.7 Å². The molecule has 1 N–H and O–H groups in total. The number of methoxy groups -OCH3 is 2. The van der Waals surface area contributed by atoms with Crippen molar-refractivity contribution in [3.8, 4) is 28.8 Å². The van der Waals surface area contributed by atoms with Crippen LogP contribution in [0.15, 0.2) is 24.7 Å². The largest absolute Gasteiger partial charge is 0.490 e. The first-order chi connectivity index (χ1) is 11.3. The Labute approximate surface area is 135 Å². The summed E-state index contributed by atoms with van der Waals surface area (Å²) in [4.78, 5) is 12.6. The van der Waals surface area contributed by atoms with E-state index >= 15 is 0 Å². The molecule has 1 unspecified atom stereocenters. The molecule has 2 aromatic rings. The Balaban J connectivity index is 1.78. The van der Waals surface area contributed by atoms with Gasteiger partial charge in [0.1, 0.15) is 12.4 Å². The smallest absolute Gasteiger partial charge is 0.319 e. The number of hydrogen-bond acceptors (Lipinski definition) is 7. The molecule has 23 heavy (non-hydrogen) atoms. The van der Waals surface area contributed by atoms with Gasteiger partial charge < -0.3 is 19.5 Å². The summed E-state index contributed by atoms with van der Waals surface area (Å²) < 4.78 is 16.2. The minimum absolute atomic E-state index is 0.262. The van der Waals surface area contributed by atoms with Crippen molar-refractivity contribution >= 4 is 0 Å². The molecule has 122 valence electrons. The highest BCUT2D eigenvalue weighted by molar-refractivity contribution is 5.68. The van der Waals surface area contributed by atoms with Crippen LogP contribution in [0, 0.1) is 0 Å². The fourth-order valence-electron chi connectivity index (χ4n) is 2.54. The Morgan fingerprint density at radius 3 is 2.87 bits per heavy atom. The summed E-state index contributed by atoms with van der Waals surface area (Å²) >= 11 is 0. The minimum atomic E-state index is 0.262. The van der Waals surface area contributed by atoms with Crippen LogP contribution >= 0.6 is 0 Å². The van der Waals surface area contributed by atoms with Gasteiger partial charge in [-0.25, -0.2) is 4.98 Å². The van der Waals surface area contributed by atoms with Gasteiger partial charge in [0, 0.05) is 24.0 Å². The van der Waals surface area contributed by atoms with Crippen LogP contribution in [0.4, 0.5) is 0 Å². The lowest BCUT2D eigenvalue weighted by molar-refractivity contribution is 0.276. The molecule has 0 radical (unpaired) electrons. The number of nitrogens with one attached hydrogen (secondary N) is 1. The third kappa shape index (κ3) is 3.68. The Morgan fingerprint density at radius 2 is 2.13 bits per heavy atom. The molecule has 0 saturated carbocycles. The van der Waals surface area contributed by atoms with Gasteiger partial charge >= 0.3 is 6.01 Å². The lowest BCUT2D eigenvalue weighted by atomic mass is 10.1. The van der Waals surface area contributed by atoms with Gasteiger partial charge in [-0.05, 0) is 25.5 Å². The van der Waals surface area contributed by atoms with Crippen LogP contribution in [0.1, 0.15) is 12.8 Å². The number of hydrogen-bond donors (Lipinski definition) is 1. The van der Waals surface area contributed by atoms with E-state index < -0.39 is 0 Å². The highest BCUT2D eigenvalue weighted by atomic mass is 16.5. The Bertz CT molecular complexity index is 660. The van der Waals surface area contributed by atoms with E-state index in [1.807, 2.05) is 6.07 Å². The lowest BCUT2D eigenvalue weighted by Crippen LogP contribution is -2.28. The number of nitrogens with zero attached hydrogens (tertiary/aromatic N) is 3. The van der Waals surface area contributed by atoms with Gasteiger partial charge in [-0.3, -0.25) is 4.98 Å². The number of aromatic nitrogens is 3. The van der Waals surface area contributed by atoms with Crippen molar-refractivity contribution in [3.05, 3.63) is 24.7 Å². The number of rotatable bonds is 6. The Kier molecular flexibility index (Phi) is 4.87. The molecule has 1 atom stereocenters.